The fourth-order valence-electron chi connectivity index (χ4n) is 4.56. The number of ether oxygens (including phenoxy) is 2. The maximum Gasteiger partial charge on any atom is 0.334 e. The van der Waals surface area contributed by atoms with Crippen molar-refractivity contribution in [2.75, 3.05) is 0 Å². The summed E-state index contributed by atoms with van der Waals surface area (Å²) in [7, 11) is 0. The lowest BCUT2D eigenvalue weighted by molar-refractivity contribution is -0.142. The summed E-state index contributed by atoms with van der Waals surface area (Å²) in [5, 5.41) is 10.4. The Kier molecular flexibility index (Phi) is 1.92. The Balaban J connectivity index is 1.83. The van der Waals surface area contributed by atoms with Gasteiger partial charge in [-0.25, -0.2) is 4.79 Å². The molecule has 4 rings (SSSR count). The molecule has 0 bridgehead atoms. The van der Waals surface area contributed by atoms with Crippen molar-refractivity contribution in [3.63, 3.8) is 0 Å². The van der Waals surface area contributed by atoms with Gasteiger partial charge in [0.25, 0.3) is 0 Å². The molecule has 0 aromatic heterocycles. The summed E-state index contributed by atoms with van der Waals surface area (Å²) in [4.78, 5) is 11.8. The van der Waals surface area contributed by atoms with Gasteiger partial charge in [-0.1, -0.05) is 18.2 Å². The number of rotatable bonds is 0. The number of carbonyl (C=O) groups is 1. The quantitative estimate of drug-likeness (QED) is 0.310. The highest BCUT2D eigenvalue weighted by Crippen LogP contribution is 2.67. The molecule has 4 aliphatic rings. The standard InChI is InChI=1S/C15H18O4/c1-7-6-10(16)15-11(7)12-9(8(2)13(17)18-12)4-5-14(15,3)19-15/h6,9-12,16H,2,4-5H2,1,3H3/t9-,10-,11+,12-,14+,15-/m0/s1. The first-order valence-electron chi connectivity index (χ1n) is 6.87. The molecule has 0 unspecified atom stereocenters. The van der Waals surface area contributed by atoms with Crippen LogP contribution in [-0.4, -0.2) is 34.5 Å². The fraction of sp³-hybridized carbons (Fsp3) is 0.667. The molecular formula is C15H18O4. The molecule has 2 saturated heterocycles. The second kappa shape index (κ2) is 3.13. The van der Waals surface area contributed by atoms with E-state index >= 15 is 0 Å². The largest absolute Gasteiger partial charge is 0.458 e. The summed E-state index contributed by atoms with van der Waals surface area (Å²) in [5.41, 5.74) is 0.763. The highest BCUT2D eigenvalue weighted by Gasteiger charge is 2.79. The molecule has 0 aromatic rings. The first-order valence-corrected chi connectivity index (χ1v) is 6.87. The van der Waals surface area contributed by atoms with E-state index in [0.29, 0.717) is 5.57 Å². The van der Waals surface area contributed by atoms with Gasteiger partial charge in [0, 0.05) is 11.5 Å². The average molecular weight is 262 g/mol. The molecule has 2 aliphatic heterocycles. The van der Waals surface area contributed by atoms with E-state index in [0.717, 1.165) is 18.4 Å². The van der Waals surface area contributed by atoms with Gasteiger partial charge in [0.2, 0.25) is 0 Å². The number of esters is 1. The van der Waals surface area contributed by atoms with Crippen LogP contribution in [0.15, 0.2) is 23.8 Å². The Hall–Kier alpha value is -1.13. The minimum Gasteiger partial charge on any atom is -0.458 e. The Morgan fingerprint density at radius 2 is 2.26 bits per heavy atom. The molecule has 0 amide bonds. The van der Waals surface area contributed by atoms with Gasteiger partial charge in [-0.15, -0.1) is 0 Å². The molecule has 19 heavy (non-hydrogen) atoms. The highest BCUT2D eigenvalue weighted by atomic mass is 16.6. The summed E-state index contributed by atoms with van der Waals surface area (Å²) in [5.74, 6) is -0.261. The van der Waals surface area contributed by atoms with Crippen molar-refractivity contribution >= 4 is 5.97 Å². The topological polar surface area (TPSA) is 59.1 Å². The third-order valence-electron chi connectivity index (χ3n) is 5.60. The molecule has 2 heterocycles. The van der Waals surface area contributed by atoms with Gasteiger partial charge < -0.3 is 14.6 Å². The minimum absolute atomic E-state index is 0.0387. The molecule has 0 radical (unpaired) electrons. The van der Waals surface area contributed by atoms with Crippen molar-refractivity contribution in [3.8, 4) is 0 Å². The molecule has 2 aliphatic carbocycles. The molecule has 4 nitrogen and oxygen atoms in total. The first kappa shape index (κ1) is 11.7. The van der Waals surface area contributed by atoms with Gasteiger partial charge in [-0.3, -0.25) is 0 Å². The van der Waals surface area contributed by atoms with E-state index in [1.807, 2.05) is 13.0 Å². The Bertz CT molecular complexity index is 536. The van der Waals surface area contributed by atoms with Crippen LogP contribution >= 0.6 is 0 Å². The van der Waals surface area contributed by atoms with Crippen LogP contribution in [0, 0.1) is 11.8 Å². The number of carbonyl (C=O) groups excluding carboxylic acids is 1. The number of aliphatic hydroxyl groups is 1. The second-order valence-electron chi connectivity index (χ2n) is 6.50. The van der Waals surface area contributed by atoms with E-state index < -0.39 is 11.7 Å². The van der Waals surface area contributed by atoms with Crippen molar-refractivity contribution in [3.05, 3.63) is 23.8 Å². The van der Waals surface area contributed by atoms with Gasteiger partial charge in [-0.05, 0) is 26.7 Å². The number of epoxide rings is 1. The lowest BCUT2D eigenvalue weighted by atomic mass is 9.77. The lowest BCUT2D eigenvalue weighted by Gasteiger charge is -2.28. The van der Waals surface area contributed by atoms with Crippen LogP contribution in [0.5, 0.6) is 0 Å². The third-order valence-corrected chi connectivity index (χ3v) is 5.60. The van der Waals surface area contributed by atoms with Crippen LogP contribution < -0.4 is 0 Å². The van der Waals surface area contributed by atoms with Crippen molar-refractivity contribution in [2.45, 2.75) is 50.1 Å². The molecule has 4 heteroatoms. The molecule has 6 atom stereocenters. The third kappa shape index (κ3) is 1.11. The predicted octanol–water partition coefficient (Wildman–Crippen LogP) is 1.34. The first-order chi connectivity index (χ1) is 8.91. The van der Waals surface area contributed by atoms with Crippen LogP contribution in [-0.2, 0) is 14.3 Å². The maximum absolute atomic E-state index is 11.8. The SMILES string of the molecule is C=C1C(=O)O[C@@H]2[C@H]3C(C)=C[C@H](O)[C@]34O[C@]4(C)CC[C@@H]12. The molecular weight excluding hydrogens is 244 g/mol. The molecule has 1 saturated carbocycles. The smallest absolute Gasteiger partial charge is 0.334 e. The fourth-order valence-corrected chi connectivity index (χ4v) is 4.56. The van der Waals surface area contributed by atoms with Crippen molar-refractivity contribution in [2.24, 2.45) is 11.8 Å². The second-order valence-corrected chi connectivity index (χ2v) is 6.50. The minimum atomic E-state index is -0.603. The van der Waals surface area contributed by atoms with E-state index in [2.05, 4.69) is 13.5 Å². The van der Waals surface area contributed by atoms with E-state index in [1.165, 1.54) is 0 Å². The summed E-state index contributed by atoms with van der Waals surface area (Å²) >= 11 is 0. The van der Waals surface area contributed by atoms with Crippen molar-refractivity contribution < 1.29 is 19.4 Å². The van der Waals surface area contributed by atoms with Gasteiger partial charge in [0.1, 0.15) is 17.8 Å². The number of aliphatic hydroxyl groups excluding tert-OH is 1. The Morgan fingerprint density at radius 3 is 3.00 bits per heavy atom. The van der Waals surface area contributed by atoms with Gasteiger partial charge >= 0.3 is 5.97 Å². The molecule has 1 spiro atoms. The van der Waals surface area contributed by atoms with Gasteiger partial charge in [0.05, 0.1) is 11.5 Å². The summed E-state index contributed by atoms with van der Waals surface area (Å²) in [6, 6.07) is 0. The summed E-state index contributed by atoms with van der Waals surface area (Å²) in [6.07, 6.45) is 2.70. The van der Waals surface area contributed by atoms with E-state index in [1.54, 1.807) is 0 Å². The maximum atomic E-state index is 11.8. The number of hydrogen-bond donors (Lipinski definition) is 1. The number of fused-ring (bicyclic) bond motifs is 2. The Labute approximate surface area is 112 Å². The van der Waals surface area contributed by atoms with E-state index in [9.17, 15) is 9.90 Å². The summed E-state index contributed by atoms with van der Waals surface area (Å²) < 4.78 is 11.6. The van der Waals surface area contributed by atoms with Crippen LogP contribution in [0.2, 0.25) is 0 Å². The molecule has 3 fully saturated rings. The van der Waals surface area contributed by atoms with E-state index in [4.69, 9.17) is 9.47 Å². The Morgan fingerprint density at radius 1 is 1.53 bits per heavy atom. The summed E-state index contributed by atoms with van der Waals surface area (Å²) in [6.45, 7) is 7.93. The molecule has 1 N–H and O–H groups in total. The molecule has 102 valence electrons. The van der Waals surface area contributed by atoms with Gasteiger partial charge in [-0.2, -0.15) is 0 Å². The van der Waals surface area contributed by atoms with Crippen LogP contribution in [0.25, 0.3) is 0 Å². The van der Waals surface area contributed by atoms with Crippen LogP contribution in [0.3, 0.4) is 0 Å². The highest BCUT2D eigenvalue weighted by molar-refractivity contribution is 5.91. The van der Waals surface area contributed by atoms with Gasteiger partial charge in [0.15, 0.2) is 0 Å². The zero-order valence-corrected chi connectivity index (χ0v) is 11.2. The van der Waals surface area contributed by atoms with E-state index in [-0.39, 0.29) is 29.5 Å². The van der Waals surface area contributed by atoms with Crippen molar-refractivity contribution in [1.29, 1.82) is 0 Å². The monoisotopic (exact) mass is 262 g/mol. The number of hydrogen-bond acceptors (Lipinski definition) is 4. The molecule has 0 aromatic carbocycles. The van der Waals surface area contributed by atoms with Crippen LogP contribution in [0.4, 0.5) is 0 Å². The normalized spacial score (nSPS) is 54.8. The zero-order valence-electron chi connectivity index (χ0n) is 11.2. The zero-order chi connectivity index (χ0) is 13.6. The predicted molar refractivity (Wildman–Crippen MR) is 67.2 cm³/mol. The van der Waals surface area contributed by atoms with Crippen LogP contribution in [0.1, 0.15) is 26.7 Å². The lowest BCUT2D eigenvalue weighted by Crippen LogP contribution is -2.43. The average Bonchev–Trinajstić information content (AvgIpc) is 2.77. The van der Waals surface area contributed by atoms with Crippen molar-refractivity contribution in [1.82, 2.24) is 0 Å².